The normalized spacial score (nSPS) is 16.9. The van der Waals surface area contributed by atoms with Crippen LogP contribution >= 0.6 is 34.7 Å². The van der Waals surface area contributed by atoms with Gasteiger partial charge in [-0.3, -0.25) is 4.79 Å². The van der Waals surface area contributed by atoms with Crippen LogP contribution < -0.4 is 0 Å². The summed E-state index contributed by atoms with van der Waals surface area (Å²) < 4.78 is 1.20. The summed E-state index contributed by atoms with van der Waals surface area (Å²) in [6.07, 6.45) is 3.56. The third-order valence-electron chi connectivity index (χ3n) is 4.79. The number of fused-ring (bicyclic) bond motifs is 1. The van der Waals surface area contributed by atoms with E-state index in [1.807, 2.05) is 47.4 Å². The molecule has 1 saturated heterocycles. The third kappa shape index (κ3) is 4.48. The number of thiazole rings is 1. The molecule has 6 heteroatoms. The van der Waals surface area contributed by atoms with Gasteiger partial charge in [-0.1, -0.05) is 23.7 Å². The van der Waals surface area contributed by atoms with Gasteiger partial charge in [0.1, 0.15) is 5.01 Å². The lowest BCUT2D eigenvalue weighted by molar-refractivity contribution is -0.132. The quantitative estimate of drug-likeness (QED) is 0.355. The lowest BCUT2D eigenvalue weighted by Gasteiger charge is -2.23. The minimum absolute atomic E-state index is 0.152. The molecule has 0 unspecified atom stereocenters. The Morgan fingerprint density at radius 1 is 1.22 bits per heavy atom. The van der Waals surface area contributed by atoms with Crippen molar-refractivity contribution in [1.82, 2.24) is 9.88 Å². The Kier molecular flexibility index (Phi) is 6.01. The summed E-state index contributed by atoms with van der Waals surface area (Å²) in [6, 6.07) is 16.2. The van der Waals surface area contributed by atoms with Gasteiger partial charge < -0.3 is 4.90 Å². The molecule has 0 N–H and O–H groups in total. The van der Waals surface area contributed by atoms with Gasteiger partial charge in [-0.2, -0.15) is 0 Å². The maximum atomic E-state index is 12.8. The Morgan fingerprint density at radius 3 is 2.85 bits per heavy atom. The molecule has 0 radical (unpaired) electrons. The number of amides is 1. The van der Waals surface area contributed by atoms with Crippen LogP contribution in [0.3, 0.4) is 0 Å². The average Bonchev–Trinajstić information content (AvgIpc) is 3.33. The molecule has 3 aromatic rings. The maximum absolute atomic E-state index is 12.8. The molecule has 140 valence electrons. The number of nitrogens with zero attached hydrogens (tertiary/aromatic N) is 2. The van der Waals surface area contributed by atoms with E-state index in [2.05, 4.69) is 6.07 Å². The van der Waals surface area contributed by atoms with E-state index in [1.165, 1.54) is 9.60 Å². The van der Waals surface area contributed by atoms with E-state index in [-0.39, 0.29) is 11.9 Å². The Hall–Kier alpha value is -1.56. The lowest BCUT2D eigenvalue weighted by atomic mass is 10.2. The molecule has 27 heavy (non-hydrogen) atoms. The number of thioether (sulfide) groups is 1. The second-order valence-corrected chi connectivity index (χ2v) is 9.34. The van der Waals surface area contributed by atoms with E-state index in [9.17, 15) is 4.79 Å². The molecule has 4 rings (SSSR count). The van der Waals surface area contributed by atoms with Crippen molar-refractivity contribution in [2.75, 3.05) is 12.3 Å². The van der Waals surface area contributed by atoms with Gasteiger partial charge in [-0.25, -0.2) is 4.98 Å². The molecule has 1 aliphatic heterocycles. The smallest absolute Gasteiger partial charge is 0.223 e. The summed E-state index contributed by atoms with van der Waals surface area (Å²) in [5.74, 6) is 1.20. The molecule has 2 aromatic carbocycles. The van der Waals surface area contributed by atoms with Gasteiger partial charge in [0.2, 0.25) is 5.91 Å². The number of rotatable bonds is 6. The largest absolute Gasteiger partial charge is 0.333 e. The molecule has 1 amide bonds. The van der Waals surface area contributed by atoms with Crippen molar-refractivity contribution in [1.29, 1.82) is 0 Å². The van der Waals surface area contributed by atoms with Gasteiger partial charge in [-0.15, -0.1) is 23.1 Å². The van der Waals surface area contributed by atoms with Crippen LogP contribution in [0.15, 0.2) is 53.4 Å². The van der Waals surface area contributed by atoms with Crippen molar-refractivity contribution < 1.29 is 4.79 Å². The standard InChI is InChI=1S/C21H21ClN2OS2/c22-15-9-11-16(12-10-15)26-14-4-8-20(25)24-13-3-6-18(24)21-23-17-5-1-2-7-19(17)27-21/h1-2,5,7,9-12,18H,3-4,6,8,13-14H2/t18-/m0/s1. The highest BCUT2D eigenvalue weighted by atomic mass is 35.5. The van der Waals surface area contributed by atoms with E-state index in [0.29, 0.717) is 6.42 Å². The Labute approximate surface area is 172 Å². The van der Waals surface area contributed by atoms with Crippen LogP contribution in [-0.4, -0.2) is 28.1 Å². The highest BCUT2D eigenvalue weighted by molar-refractivity contribution is 7.99. The Bertz CT molecular complexity index is 892. The molecule has 1 aromatic heterocycles. The Morgan fingerprint density at radius 2 is 2.04 bits per heavy atom. The molecule has 1 atom stereocenters. The van der Waals surface area contributed by atoms with Gasteiger partial charge in [0.15, 0.2) is 0 Å². The lowest BCUT2D eigenvalue weighted by Crippen LogP contribution is -2.30. The van der Waals surface area contributed by atoms with E-state index in [4.69, 9.17) is 16.6 Å². The van der Waals surface area contributed by atoms with Crippen LogP contribution in [0.1, 0.15) is 36.7 Å². The average molecular weight is 417 g/mol. The van der Waals surface area contributed by atoms with E-state index in [1.54, 1.807) is 23.1 Å². The van der Waals surface area contributed by atoms with Crippen LogP contribution in [0, 0.1) is 0 Å². The SMILES string of the molecule is O=C(CCCSc1ccc(Cl)cc1)N1CCC[C@H]1c1nc2ccccc2s1. The van der Waals surface area contributed by atoms with Gasteiger partial charge >= 0.3 is 0 Å². The van der Waals surface area contributed by atoms with Gasteiger partial charge in [0, 0.05) is 22.9 Å². The number of likely N-dealkylation sites (tertiary alicyclic amines) is 1. The van der Waals surface area contributed by atoms with Crippen molar-refractivity contribution in [2.45, 2.75) is 36.6 Å². The van der Waals surface area contributed by atoms with Gasteiger partial charge in [-0.05, 0) is 61.4 Å². The summed E-state index contributed by atoms with van der Waals surface area (Å²) in [5.41, 5.74) is 1.04. The van der Waals surface area contributed by atoms with E-state index >= 15 is 0 Å². The first-order chi connectivity index (χ1) is 13.2. The monoisotopic (exact) mass is 416 g/mol. The maximum Gasteiger partial charge on any atom is 0.223 e. The second kappa shape index (κ2) is 8.63. The summed E-state index contributed by atoms with van der Waals surface area (Å²) in [5, 5.41) is 1.84. The first-order valence-corrected chi connectivity index (χ1v) is 11.4. The summed E-state index contributed by atoms with van der Waals surface area (Å²) in [6.45, 7) is 0.851. The number of halogens is 1. The zero-order valence-electron chi connectivity index (χ0n) is 14.9. The molecule has 1 fully saturated rings. The first kappa shape index (κ1) is 18.8. The zero-order valence-corrected chi connectivity index (χ0v) is 17.3. The highest BCUT2D eigenvalue weighted by Gasteiger charge is 2.31. The summed E-state index contributed by atoms with van der Waals surface area (Å²) >= 11 is 9.41. The fourth-order valence-corrected chi connectivity index (χ4v) is 5.54. The number of carbonyl (C=O) groups is 1. The molecule has 0 aliphatic carbocycles. The number of aromatic nitrogens is 1. The highest BCUT2D eigenvalue weighted by Crippen LogP contribution is 2.37. The topological polar surface area (TPSA) is 33.2 Å². The fraction of sp³-hybridized carbons (Fsp3) is 0.333. The van der Waals surface area contributed by atoms with Crippen molar-refractivity contribution in [3.8, 4) is 0 Å². The zero-order chi connectivity index (χ0) is 18.6. The number of para-hydroxylation sites is 1. The number of carbonyl (C=O) groups excluding carboxylic acids is 1. The van der Waals surface area contributed by atoms with Crippen LogP contribution in [-0.2, 0) is 4.79 Å². The molecular formula is C21H21ClN2OS2. The molecular weight excluding hydrogens is 396 g/mol. The summed E-state index contributed by atoms with van der Waals surface area (Å²) in [4.78, 5) is 20.8. The van der Waals surface area contributed by atoms with Crippen LogP contribution in [0.4, 0.5) is 0 Å². The second-order valence-electron chi connectivity index (χ2n) is 6.67. The van der Waals surface area contributed by atoms with Gasteiger partial charge in [0.05, 0.1) is 16.3 Å². The first-order valence-electron chi connectivity index (χ1n) is 9.24. The Balaban J connectivity index is 1.32. The predicted molar refractivity (Wildman–Crippen MR) is 115 cm³/mol. The molecule has 3 nitrogen and oxygen atoms in total. The number of hydrogen-bond acceptors (Lipinski definition) is 4. The number of benzene rings is 2. The van der Waals surface area contributed by atoms with E-state index in [0.717, 1.165) is 47.1 Å². The van der Waals surface area contributed by atoms with Crippen molar-refractivity contribution >= 4 is 50.8 Å². The molecule has 0 saturated carbocycles. The number of hydrogen-bond donors (Lipinski definition) is 0. The van der Waals surface area contributed by atoms with Crippen LogP contribution in [0.5, 0.6) is 0 Å². The molecule has 1 aliphatic rings. The van der Waals surface area contributed by atoms with Crippen LogP contribution in [0.2, 0.25) is 5.02 Å². The molecule has 2 heterocycles. The van der Waals surface area contributed by atoms with E-state index < -0.39 is 0 Å². The molecule has 0 spiro atoms. The van der Waals surface area contributed by atoms with Crippen molar-refractivity contribution in [3.05, 3.63) is 58.6 Å². The predicted octanol–water partition coefficient (Wildman–Crippen LogP) is 6.19. The summed E-state index contributed by atoms with van der Waals surface area (Å²) in [7, 11) is 0. The van der Waals surface area contributed by atoms with Gasteiger partial charge in [0.25, 0.3) is 0 Å². The minimum Gasteiger partial charge on any atom is -0.333 e. The fourth-order valence-electron chi connectivity index (χ4n) is 3.44. The third-order valence-corrected chi connectivity index (χ3v) is 7.27. The van der Waals surface area contributed by atoms with Crippen molar-refractivity contribution in [2.24, 2.45) is 0 Å². The minimum atomic E-state index is 0.152. The molecule has 0 bridgehead atoms. The van der Waals surface area contributed by atoms with Crippen LogP contribution in [0.25, 0.3) is 10.2 Å². The van der Waals surface area contributed by atoms with Crippen molar-refractivity contribution in [3.63, 3.8) is 0 Å².